The number of amides is 1. The molecule has 1 amide bonds. The second-order valence-electron chi connectivity index (χ2n) is 6.36. The van der Waals surface area contributed by atoms with Crippen molar-refractivity contribution >= 4 is 28.2 Å². The van der Waals surface area contributed by atoms with Gasteiger partial charge in [-0.2, -0.15) is 0 Å². The Morgan fingerprint density at radius 3 is 3.08 bits per heavy atom. The fourth-order valence-corrected chi connectivity index (χ4v) is 4.66. The van der Waals surface area contributed by atoms with Gasteiger partial charge in [-0.1, -0.05) is 6.92 Å². The third-order valence-corrected chi connectivity index (χ3v) is 6.00. The van der Waals surface area contributed by atoms with Crippen molar-refractivity contribution in [2.24, 2.45) is 0 Å². The van der Waals surface area contributed by atoms with Crippen LogP contribution in [0.3, 0.4) is 0 Å². The van der Waals surface area contributed by atoms with E-state index in [4.69, 9.17) is 9.15 Å². The average molecular weight is 355 g/mol. The van der Waals surface area contributed by atoms with Crippen LogP contribution < -0.4 is 4.74 Å². The van der Waals surface area contributed by atoms with Crippen LogP contribution in [0.4, 0.5) is 0 Å². The zero-order valence-electron chi connectivity index (χ0n) is 14.5. The van der Waals surface area contributed by atoms with Crippen molar-refractivity contribution in [2.45, 2.75) is 32.2 Å². The van der Waals surface area contributed by atoms with Crippen molar-refractivity contribution in [3.8, 4) is 5.75 Å². The Morgan fingerprint density at radius 2 is 2.28 bits per heavy atom. The molecule has 0 saturated heterocycles. The monoisotopic (exact) mass is 355 g/mol. The first kappa shape index (κ1) is 16.2. The van der Waals surface area contributed by atoms with Gasteiger partial charge in [0.2, 0.25) is 5.91 Å². The molecule has 0 spiro atoms. The largest absolute Gasteiger partial charge is 0.497 e. The molecular weight excluding hydrogens is 334 g/mol. The van der Waals surface area contributed by atoms with Gasteiger partial charge in [-0.05, 0) is 42.0 Å². The smallest absolute Gasteiger partial charge is 0.227 e. The molecule has 4 nitrogen and oxygen atoms in total. The molecule has 1 unspecified atom stereocenters. The van der Waals surface area contributed by atoms with Crippen LogP contribution in [0.15, 0.2) is 40.3 Å². The third-order valence-electron chi connectivity index (χ3n) is 5.01. The Kier molecular flexibility index (Phi) is 4.25. The Morgan fingerprint density at radius 1 is 1.40 bits per heavy atom. The van der Waals surface area contributed by atoms with E-state index in [1.54, 1.807) is 24.7 Å². The number of methoxy groups -OCH3 is 1. The van der Waals surface area contributed by atoms with Crippen LogP contribution in [0.1, 0.15) is 35.4 Å². The molecule has 2 aromatic heterocycles. The SMILES string of the molecule is CCC1c2ccsc2CCN1C(=O)Cc1coc2cc(OC)ccc12. The van der Waals surface area contributed by atoms with Crippen molar-refractivity contribution in [3.63, 3.8) is 0 Å². The average Bonchev–Trinajstić information content (AvgIpc) is 3.27. The van der Waals surface area contributed by atoms with E-state index < -0.39 is 0 Å². The van der Waals surface area contributed by atoms with Gasteiger partial charge in [-0.25, -0.2) is 0 Å². The first-order chi connectivity index (χ1) is 12.2. The van der Waals surface area contributed by atoms with E-state index in [0.29, 0.717) is 6.42 Å². The number of benzene rings is 1. The van der Waals surface area contributed by atoms with Gasteiger partial charge in [0.05, 0.1) is 25.8 Å². The molecule has 3 heterocycles. The number of fused-ring (bicyclic) bond motifs is 2. The highest BCUT2D eigenvalue weighted by atomic mass is 32.1. The van der Waals surface area contributed by atoms with Gasteiger partial charge in [-0.15, -0.1) is 11.3 Å². The van der Waals surface area contributed by atoms with E-state index >= 15 is 0 Å². The lowest BCUT2D eigenvalue weighted by Gasteiger charge is -2.35. The summed E-state index contributed by atoms with van der Waals surface area (Å²) in [4.78, 5) is 16.5. The molecule has 4 rings (SSSR count). The molecule has 0 N–H and O–H groups in total. The van der Waals surface area contributed by atoms with Crippen molar-refractivity contribution in [1.29, 1.82) is 0 Å². The molecule has 3 aromatic rings. The maximum absolute atomic E-state index is 13.0. The number of carbonyl (C=O) groups is 1. The van der Waals surface area contributed by atoms with Crippen LogP contribution in [0.5, 0.6) is 5.75 Å². The highest BCUT2D eigenvalue weighted by molar-refractivity contribution is 7.10. The van der Waals surface area contributed by atoms with E-state index in [1.807, 2.05) is 23.1 Å². The van der Waals surface area contributed by atoms with E-state index in [-0.39, 0.29) is 11.9 Å². The number of hydrogen-bond acceptors (Lipinski definition) is 4. The minimum atomic E-state index is 0.169. The zero-order chi connectivity index (χ0) is 17.4. The van der Waals surface area contributed by atoms with Gasteiger partial charge in [0.25, 0.3) is 0 Å². The molecule has 25 heavy (non-hydrogen) atoms. The van der Waals surface area contributed by atoms with Crippen molar-refractivity contribution in [2.75, 3.05) is 13.7 Å². The lowest BCUT2D eigenvalue weighted by Crippen LogP contribution is -2.40. The van der Waals surface area contributed by atoms with Crippen molar-refractivity contribution in [3.05, 3.63) is 51.9 Å². The topological polar surface area (TPSA) is 42.7 Å². The fraction of sp³-hybridized carbons (Fsp3) is 0.350. The van der Waals surface area contributed by atoms with Gasteiger partial charge < -0.3 is 14.1 Å². The standard InChI is InChI=1S/C20H21NO3S/c1-3-17-16-7-9-25-19(16)6-8-21(17)20(22)10-13-12-24-18-11-14(23-2)4-5-15(13)18/h4-5,7,9,11-12,17H,3,6,8,10H2,1-2H3. The number of rotatable bonds is 4. The lowest BCUT2D eigenvalue weighted by atomic mass is 9.97. The maximum atomic E-state index is 13.0. The van der Waals surface area contributed by atoms with Crippen LogP contribution in [0, 0.1) is 0 Å². The fourth-order valence-electron chi connectivity index (χ4n) is 3.73. The summed E-state index contributed by atoms with van der Waals surface area (Å²) in [5, 5.41) is 3.12. The molecular formula is C20H21NO3S. The second-order valence-corrected chi connectivity index (χ2v) is 7.36. The molecule has 130 valence electrons. The predicted octanol–water partition coefficient (Wildman–Crippen LogP) is 4.58. The Bertz CT molecular complexity index is 911. The molecule has 1 aromatic carbocycles. The maximum Gasteiger partial charge on any atom is 0.227 e. The second kappa shape index (κ2) is 6.56. The molecule has 0 fully saturated rings. The van der Waals surface area contributed by atoms with Gasteiger partial charge >= 0.3 is 0 Å². The van der Waals surface area contributed by atoms with Gasteiger partial charge in [-0.3, -0.25) is 4.79 Å². The minimum absolute atomic E-state index is 0.169. The number of ether oxygens (including phenoxy) is 1. The first-order valence-corrected chi connectivity index (χ1v) is 9.49. The van der Waals surface area contributed by atoms with E-state index in [9.17, 15) is 4.79 Å². The summed E-state index contributed by atoms with van der Waals surface area (Å²) in [6.45, 7) is 2.95. The lowest BCUT2D eigenvalue weighted by molar-refractivity contribution is -0.133. The van der Waals surface area contributed by atoms with Crippen LogP contribution >= 0.6 is 11.3 Å². The Balaban J connectivity index is 1.58. The van der Waals surface area contributed by atoms with E-state index in [0.717, 1.165) is 41.7 Å². The highest BCUT2D eigenvalue weighted by Gasteiger charge is 2.30. The molecule has 1 aliphatic rings. The normalized spacial score (nSPS) is 16.9. The zero-order valence-corrected chi connectivity index (χ0v) is 15.3. The molecule has 5 heteroatoms. The molecule has 1 aliphatic heterocycles. The highest BCUT2D eigenvalue weighted by Crippen LogP contribution is 2.36. The van der Waals surface area contributed by atoms with Gasteiger partial charge in [0.15, 0.2) is 0 Å². The third kappa shape index (κ3) is 2.82. The quantitative estimate of drug-likeness (QED) is 0.688. The number of carbonyl (C=O) groups excluding carboxylic acids is 1. The summed E-state index contributed by atoms with van der Waals surface area (Å²) in [6.07, 6.45) is 3.97. The molecule has 0 radical (unpaired) electrons. The summed E-state index contributed by atoms with van der Waals surface area (Å²) >= 11 is 1.80. The van der Waals surface area contributed by atoms with E-state index in [1.165, 1.54) is 10.4 Å². The summed E-state index contributed by atoms with van der Waals surface area (Å²) < 4.78 is 10.9. The van der Waals surface area contributed by atoms with Gasteiger partial charge in [0, 0.05) is 28.4 Å². The van der Waals surface area contributed by atoms with Crippen molar-refractivity contribution < 1.29 is 13.9 Å². The molecule has 1 atom stereocenters. The summed E-state index contributed by atoms with van der Waals surface area (Å²) in [7, 11) is 1.63. The number of thiophene rings is 1. The van der Waals surface area contributed by atoms with Crippen LogP contribution in [-0.4, -0.2) is 24.5 Å². The number of furan rings is 1. The Labute approximate surface area is 151 Å². The summed E-state index contributed by atoms with van der Waals surface area (Å²) in [5.41, 5.74) is 3.02. The summed E-state index contributed by atoms with van der Waals surface area (Å²) in [5.74, 6) is 0.925. The van der Waals surface area contributed by atoms with Crippen LogP contribution in [0.25, 0.3) is 11.0 Å². The van der Waals surface area contributed by atoms with E-state index in [2.05, 4.69) is 18.4 Å². The van der Waals surface area contributed by atoms with Gasteiger partial charge in [0.1, 0.15) is 11.3 Å². The van der Waals surface area contributed by atoms with Crippen LogP contribution in [0.2, 0.25) is 0 Å². The number of nitrogens with zero attached hydrogens (tertiary/aromatic N) is 1. The summed E-state index contributed by atoms with van der Waals surface area (Å²) in [6, 6.07) is 8.09. The predicted molar refractivity (Wildman–Crippen MR) is 99.2 cm³/mol. The first-order valence-electron chi connectivity index (χ1n) is 8.61. The molecule has 0 bridgehead atoms. The molecule has 0 saturated carbocycles. The van der Waals surface area contributed by atoms with Crippen LogP contribution in [-0.2, 0) is 17.6 Å². The minimum Gasteiger partial charge on any atom is -0.497 e. The Hall–Kier alpha value is -2.27. The number of hydrogen-bond donors (Lipinski definition) is 0. The molecule has 0 aliphatic carbocycles. The van der Waals surface area contributed by atoms with Crippen molar-refractivity contribution in [1.82, 2.24) is 4.90 Å².